The van der Waals surface area contributed by atoms with Gasteiger partial charge in [0.25, 0.3) is 5.91 Å². The fourth-order valence-electron chi connectivity index (χ4n) is 2.11. The van der Waals surface area contributed by atoms with Gasteiger partial charge in [-0.2, -0.15) is 0 Å². The number of hydrogen-bond acceptors (Lipinski definition) is 5. The molecule has 0 aliphatic carbocycles. The van der Waals surface area contributed by atoms with Crippen LogP contribution in [-0.4, -0.2) is 23.3 Å². The highest BCUT2D eigenvalue weighted by Crippen LogP contribution is 2.22. The Hall–Kier alpha value is -2.60. The van der Waals surface area contributed by atoms with Crippen molar-refractivity contribution in [2.24, 2.45) is 10.7 Å². The second-order valence-corrected chi connectivity index (χ2v) is 4.63. The summed E-state index contributed by atoms with van der Waals surface area (Å²) in [6, 6.07) is 7.64. The molecule has 1 amide bonds. The molecular weight excluding hydrogens is 254 g/mol. The number of hydrazine groups is 1. The number of aryl methyl sites for hydroxylation is 1. The second kappa shape index (κ2) is 4.82. The fraction of sp³-hybridized carbons (Fsp3) is 0.143. The molecule has 2 aliphatic heterocycles. The Labute approximate surface area is 116 Å². The number of nitrogens with one attached hydrogen (secondary N) is 2. The van der Waals surface area contributed by atoms with Crippen molar-refractivity contribution < 1.29 is 4.79 Å². The molecule has 0 bridgehead atoms. The molecule has 0 saturated carbocycles. The molecule has 0 fully saturated rings. The Morgan fingerprint density at radius 2 is 2.25 bits per heavy atom. The van der Waals surface area contributed by atoms with Crippen LogP contribution in [0.1, 0.15) is 5.56 Å². The SMILES string of the molecule is Cc1ccccc1NC(=O)C1=C2N=C(N)C=CN2NC1. The normalized spacial score (nSPS) is 17.1. The van der Waals surface area contributed by atoms with Crippen LogP contribution in [0.3, 0.4) is 0 Å². The summed E-state index contributed by atoms with van der Waals surface area (Å²) in [6.45, 7) is 2.38. The molecule has 2 heterocycles. The van der Waals surface area contributed by atoms with Gasteiger partial charge in [0.15, 0.2) is 5.82 Å². The summed E-state index contributed by atoms with van der Waals surface area (Å²) in [5.74, 6) is 0.772. The summed E-state index contributed by atoms with van der Waals surface area (Å²) in [5, 5.41) is 4.60. The highest BCUT2D eigenvalue weighted by molar-refractivity contribution is 6.06. The first-order valence-corrected chi connectivity index (χ1v) is 6.30. The minimum atomic E-state index is -0.170. The smallest absolute Gasteiger partial charge is 0.256 e. The third-order valence-corrected chi connectivity index (χ3v) is 3.22. The summed E-state index contributed by atoms with van der Waals surface area (Å²) >= 11 is 0. The van der Waals surface area contributed by atoms with Crippen LogP contribution in [0.5, 0.6) is 0 Å². The van der Waals surface area contributed by atoms with Crippen LogP contribution < -0.4 is 16.5 Å². The molecule has 0 saturated heterocycles. The molecule has 0 aromatic heterocycles. The van der Waals surface area contributed by atoms with Crippen molar-refractivity contribution in [2.75, 3.05) is 11.9 Å². The molecule has 0 unspecified atom stereocenters. The van der Waals surface area contributed by atoms with E-state index in [-0.39, 0.29) is 5.91 Å². The Balaban J connectivity index is 1.87. The van der Waals surface area contributed by atoms with Crippen molar-refractivity contribution in [3.8, 4) is 0 Å². The number of anilines is 1. The standard InChI is InChI=1S/C14H15N5O/c1-9-4-2-3-5-11(9)17-14(20)10-8-16-19-7-6-12(15)18-13(10)19/h2-7,16H,8H2,1H3,(H2,15,18)(H,17,20). The molecule has 102 valence electrons. The summed E-state index contributed by atoms with van der Waals surface area (Å²) in [7, 11) is 0. The van der Waals surface area contributed by atoms with E-state index in [2.05, 4.69) is 15.7 Å². The summed E-state index contributed by atoms with van der Waals surface area (Å²) < 4.78 is 0. The Bertz CT molecular complexity index is 659. The molecule has 1 aromatic carbocycles. The lowest BCUT2D eigenvalue weighted by atomic mass is 10.2. The maximum atomic E-state index is 12.4. The largest absolute Gasteiger partial charge is 0.384 e. The number of para-hydroxylation sites is 1. The molecule has 0 spiro atoms. The molecule has 0 atom stereocenters. The number of nitrogens with two attached hydrogens (primary N) is 1. The zero-order valence-electron chi connectivity index (χ0n) is 11.1. The molecule has 2 aliphatic rings. The number of hydrogen-bond donors (Lipinski definition) is 3. The van der Waals surface area contributed by atoms with Crippen LogP contribution in [0.25, 0.3) is 0 Å². The Morgan fingerprint density at radius 3 is 3.05 bits per heavy atom. The zero-order chi connectivity index (χ0) is 14.1. The highest BCUT2D eigenvalue weighted by Gasteiger charge is 2.27. The van der Waals surface area contributed by atoms with Gasteiger partial charge in [-0.05, 0) is 24.6 Å². The summed E-state index contributed by atoms with van der Waals surface area (Å²) in [5.41, 5.74) is 11.1. The zero-order valence-corrected chi connectivity index (χ0v) is 11.1. The average Bonchev–Trinajstić information content (AvgIpc) is 2.84. The van der Waals surface area contributed by atoms with Crippen LogP contribution in [0.4, 0.5) is 5.69 Å². The number of rotatable bonds is 2. The van der Waals surface area contributed by atoms with Gasteiger partial charge in [0.2, 0.25) is 0 Å². The minimum Gasteiger partial charge on any atom is -0.384 e. The predicted molar refractivity (Wildman–Crippen MR) is 77.4 cm³/mol. The van der Waals surface area contributed by atoms with E-state index in [0.717, 1.165) is 11.3 Å². The number of carbonyl (C=O) groups excluding carboxylic acids is 1. The maximum absolute atomic E-state index is 12.4. The van der Waals surface area contributed by atoms with E-state index in [9.17, 15) is 4.79 Å². The van der Waals surface area contributed by atoms with Crippen molar-refractivity contribution in [1.29, 1.82) is 0 Å². The second-order valence-electron chi connectivity index (χ2n) is 4.63. The van der Waals surface area contributed by atoms with Crippen LogP contribution in [-0.2, 0) is 4.79 Å². The predicted octanol–water partition coefficient (Wildman–Crippen LogP) is 0.850. The van der Waals surface area contributed by atoms with Gasteiger partial charge >= 0.3 is 0 Å². The van der Waals surface area contributed by atoms with Crippen LogP contribution in [0.15, 0.2) is 52.9 Å². The maximum Gasteiger partial charge on any atom is 0.256 e. The molecule has 3 rings (SSSR count). The van der Waals surface area contributed by atoms with E-state index < -0.39 is 0 Å². The molecule has 6 nitrogen and oxygen atoms in total. The number of aliphatic imine (C=N–C) groups is 1. The molecule has 1 aromatic rings. The Kier molecular flexibility index (Phi) is 3.00. The first-order chi connectivity index (χ1) is 9.65. The lowest BCUT2D eigenvalue weighted by molar-refractivity contribution is -0.112. The van der Waals surface area contributed by atoms with E-state index >= 15 is 0 Å². The number of amides is 1. The van der Waals surface area contributed by atoms with Crippen molar-refractivity contribution in [1.82, 2.24) is 10.4 Å². The van der Waals surface area contributed by atoms with Gasteiger partial charge in [-0.15, -0.1) is 0 Å². The monoisotopic (exact) mass is 269 g/mol. The van der Waals surface area contributed by atoms with Crippen molar-refractivity contribution in [3.05, 3.63) is 53.5 Å². The van der Waals surface area contributed by atoms with E-state index in [1.807, 2.05) is 31.2 Å². The first kappa shape index (κ1) is 12.4. The molecular formula is C14H15N5O. The number of nitrogens with zero attached hydrogens (tertiary/aromatic N) is 2. The quantitative estimate of drug-likeness (QED) is 0.743. The van der Waals surface area contributed by atoms with Gasteiger partial charge < -0.3 is 11.1 Å². The first-order valence-electron chi connectivity index (χ1n) is 6.30. The summed E-state index contributed by atoms with van der Waals surface area (Å²) in [4.78, 5) is 16.6. The van der Waals surface area contributed by atoms with Gasteiger partial charge in [0, 0.05) is 18.4 Å². The van der Waals surface area contributed by atoms with Gasteiger partial charge in [0.05, 0.1) is 5.57 Å². The summed E-state index contributed by atoms with van der Waals surface area (Å²) in [6.07, 6.45) is 3.43. The van der Waals surface area contributed by atoms with Crippen molar-refractivity contribution in [3.63, 3.8) is 0 Å². The van der Waals surface area contributed by atoms with E-state index in [1.165, 1.54) is 0 Å². The van der Waals surface area contributed by atoms with E-state index in [4.69, 9.17) is 5.73 Å². The lowest BCUT2D eigenvalue weighted by Gasteiger charge is -2.17. The van der Waals surface area contributed by atoms with Gasteiger partial charge in [0.1, 0.15) is 5.84 Å². The number of amidine groups is 1. The lowest BCUT2D eigenvalue weighted by Crippen LogP contribution is -2.29. The number of fused-ring (bicyclic) bond motifs is 1. The Morgan fingerprint density at radius 1 is 1.45 bits per heavy atom. The van der Waals surface area contributed by atoms with Crippen molar-refractivity contribution >= 4 is 17.4 Å². The van der Waals surface area contributed by atoms with E-state index in [0.29, 0.717) is 23.8 Å². The number of benzene rings is 1. The van der Waals surface area contributed by atoms with Crippen LogP contribution in [0, 0.1) is 6.92 Å². The minimum absolute atomic E-state index is 0.170. The van der Waals surface area contributed by atoms with Gasteiger partial charge in [-0.25, -0.2) is 10.4 Å². The molecule has 0 radical (unpaired) electrons. The van der Waals surface area contributed by atoms with Gasteiger partial charge in [-0.3, -0.25) is 9.80 Å². The average molecular weight is 269 g/mol. The third kappa shape index (κ3) is 2.17. The molecule has 4 N–H and O–H groups in total. The van der Waals surface area contributed by atoms with Crippen molar-refractivity contribution in [2.45, 2.75) is 6.92 Å². The number of carbonyl (C=O) groups is 1. The molecule has 20 heavy (non-hydrogen) atoms. The van der Waals surface area contributed by atoms with Crippen LogP contribution >= 0.6 is 0 Å². The van der Waals surface area contributed by atoms with Crippen LogP contribution in [0.2, 0.25) is 0 Å². The van der Waals surface area contributed by atoms with E-state index in [1.54, 1.807) is 17.3 Å². The fourth-order valence-corrected chi connectivity index (χ4v) is 2.11. The van der Waals surface area contributed by atoms with Gasteiger partial charge in [-0.1, -0.05) is 18.2 Å². The molecule has 6 heteroatoms. The third-order valence-electron chi connectivity index (χ3n) is 3.22. The highest BCUT2D eigenvalue weighted by atomic mass is 16.1. The topological polar surface area (TPSA) is 82.8 Å².